The van der Waals surface area contributed by atoms with E-state index < -0.39 is 5.97 Å². The van der Waals surface area contributed by atoms with Gasteiger partial charge in [-0.25, -0.2) is 9.18 Å². The summed E-state index contributed by atoms with van der Waals surface area (Å²) in [6, 6.07) is 2.94. The summed E-state index contributed by atoms with van der Waals surface area (Å²) in [5, 5.41) is 3.00. The molecule has 1 heterocycles. The van der Waals surface area contributed by atoms with Crippen LogP contribution in [0.3, 0.4) is 0 Å². The van der Waals surface area contributed by atoms with Crippen LogP contribution in [0.5, 0.6) is 0 Å². The summed E-state index contributed by atoms with van der Waals surface area (Å²) in [5.74, 6) is -0.838. The largest absolute Gasteiger partial charge is 0.462 e. The first-order valence-corrected chi connectivity index (χ1v) is 5.45. The average molecular weight is 223 g/mol. The van der Waals surface area contributed by atoms with Gasteiger partial charge in [0.15, 0.2) is 0 Å². The number of hydrogen-bond acceptors (Lipinski definition) is 3. The van der Waals surface area contributed by atoms with Gasteiger partial charge in [0.05, 0.1) is 17.9 Å². The molecular weight excluding hydrogens is 209 g/mol. The van der Waals surface area contributed by atoms with Crippen LogP contribution >= 0.6 is 0 Å². The van der Waals surface area contributed by atoms with E-state index in [9.17, 15) is 9.18 Å². The first kappa shape index (κ1) is 10.9. The van der Waals surface area contributed by atoms with Gasteiger partial charge < -0.3 is 10.1 Å². The van der Waals surface area contributed by atoms with E-state index in [2.05, 4.69) is 5.32 Å². The van der Waals surface area contributed by atoms with Gasteiger partial charge in [-0.05, 0) is 37.5 Å². The minimum atomic E-state index is -0.463. The van der Waals surface area contributed by atoms with Crippen molar-refractivity contribution in [3.8, 4) is 0 Å². The molecule has 1 aliphatic rings. The molecule has 0 unspecified atom stereocenters. The van der Waals surface area contributed by atoms with E-state index in [0.717, 1.165) is 24.9 Å². The van der Waals surface area contributed by atoms with Crippen molar-refractivity contribution in [3.05, 3.63) is 29.1 Å². The maximum atomic E-state index is 13.7. The molecule has 0 saturated heterocycles. The third-order valence-electron chi connectivity index (χ3n) is 2.61. The molecule has 0 amide bonds. The van der Waals surface area contributed by atoms with Gasteiger partial charge in [0.25, 0.3) is 0 Å². The third-order valence-corrected chi connectivity index (χ3v) is 2.61. The lowest BCUT2D eigenvalue weighted by molar-refractivity contribution is 0.0525. The van der Waals surface area contributed by atoms with Gasteiger partial charge in [-0.15, -0.1) is 0 Å². The zero-order valence-corrected chi connectivity index (χ0v) is 9.18. The number of anilines is 1. The summed E-state index contributed by atoms with van der Waals surface area (Å²) in [7, 11) is 0. The fraction of sp³-hybridized carbons (Fsp3) is 0.417. The fourth-order valence-electron chi connectivity index (χ4n) is 1.88. The number of carbonyl (C=O) groups excluding carboxylic acids is 1. The van der Waals surface area contributed by atoms with Crippen molar-refractivity contribution in [2.24, 2.45) is 0 Å². The number of aryl methyl sites for hydroxylation is 1. The van der Waals surface area contributed by atoms with Crippen LogP contribution in [0.25, 0.3) is 0 Å². The zero-order valence-electron chi connectivity index (χ0n) is 9.18. The molecular formula is C12H14FNO2. The standard InChI is InChI=1S/C12H14FNO2/c1-2-16-12(15)9-6-8-4-3-5-14-11(8)10(13)7-9/h6-7,14H,2-5H2,1H3. The zero-order chi connectivity index (χ0) is 11.5. The van der Waals surface area contributed by atoms with Gasteiger partial charge in [0.1, 0.15) is 5.82 Å². The van der Waals surface area contributed by atoms with Gasteiger partial charge >= 0.3 is 5.97 Å². The summed E-state index contributed by atoms with van der Waals surface area (Å²) in [6.45, 7) is 2.81. The molecule has 0 spiro atoms. The van der Waals surface area contributed by atoms with E-state index in [4.69, 9.17) is 4.74 Å². The Balaban J connectivity index is 2.35. The van der Waals surface area contributed by atoms with E-state index >= 15 is 0 Å². The Hall–Kier alpha value is -1.58. The molecule has 0 aromatic heterocycles. The first-order valence-electron chi connectivity index (χ1n) is 5.45. The Kier molecular flexibility index (Phi) is 3.08. The van der Waals surface area contributed by atoms with Crippen LogP contribution in [0.4, 0.5) is 10.1 Å². The second-order valence-electron chi connectivity index (χ2n) is 3.74. The van der Waals surface area contributed by atoms with E-state index in [1.807, 2.05) is 0 Å². The highest BCUT2D eigenvalue weighted by atomic mass is 19.1. The van der Waals surface area contributed by atoms with E-state index in [1.165, 1.54) is 6.07 Å². The topological polar surface area (TPSA) is 38.3 Å². The predicted molar refractivity (Wildman–Crippen MR) is 59.2 cm³/mol. The summed E-state index contributed by atoms with van der Waals surface area (Å²) in [4.78, 5) is 11.5. The quantitative estimate of drug-likeness (QED) is 0.782. The molecule has 0 fully saturated rings. The number of ether oxygens (including phenoxy) is 1. The number of carbonyl (C=O) groups is 1. The van der Waals surface area contributed by atoms with Gasteiger partial charge in [0.2, 0.25) is 0 Å². The van der Waals surface area contributed by atoms with Crippen molar-refractivity contribution in [1.29, 1.82) is 0 Å². The molecule has 0 saturated carbocycles. The van der Waals surface area contributed by atoms with E-state index in [-0.39, 0.29) is 5.82 Å². The Morgan fingerprint density at radius 3 is 3.12 bits per heavy atom. The first-order chi connectivity index (χ1) is 7.72. The van der Waals surface area contributed by atoms with Gasteiger partial charge in [-0.1, -0.05) is 0 Å². The second-order valence-corrected chi connectivity index (χ2v) is 3.74. The third kappa shape index (κ3) is 2.01. The summed E-state index contributed by atoms with van der Waals surface area (Å²) >= 11 is 0. The Morgan fingerprint density at radius 1 is 1.56 bits per heavy atom. The van der Waals surface area contributed by atoms with Crippen molar-refractivity contribution in [2.45, 2.75) is 19.8 Å². The Labute approximate surface area is 93.6 Å². The summed E-state index contributed by atoms with van der Waals surface area (Å²) in [6.07, 6.45) is 1.76. The van der Waals surface area contributed by atoms with Crippen LogP contribution in [0.1, 0.15) is 29.3 Å². The molecule has 16 heavy (non-hydrogen) atoms. The van der Waals surface area contributed by atoms with Crippen LogP contribution in [0.2, 0.25) is 0 Å². The lowest BCUT2D eigenvalue weighted by atomic mass is 10.0. The SMILES string of the molecule is CCOC(=O)c1cc(F)c2c(c1)CCCN2. The number of rotatable bonds is 2. The van der Waals surface area contributed by atoms with Crippen molar-refractivity contribution < 1.29 is 13.9 Å². The van der Waals surface area contributed by atoms with Crippen molar-refractivity contribution >= 4 is 11.7 Å². The molecule has 0 bridgehead atoms. The number of esters is 1. The van der Waals surface area contributed by atoms with Crippen molar-refractivity contribution in [3.63, 3.8) is 0 Å². The molecule has 2 rings (SSSR count). The lowest BCUT2D eigenvalue weighted by Crippen LogP contribution is -2.15. The minimum absolute atomic E-state index is 0.293. The van der Waals surface area contributed by atoms with Crippen molar-refractivity contribution in [2.75, 3.05) is 18.5 Å². The highest BCUT2D eigenvalue weighted by Gasteiger charge is 2.17. The molecule has 1 aromatic carbocycles. The smallest absolute Gasteiger partial charge is 0.338 e. The normalized spacial score (nSPS) is 13.9. The molecule has 1 aromatic rings. The van der Waals surface area contributed by atoms with Crippen LogP contribution < -0.4 is 5.32 Å². The number of fused-ring (bicyclic) bond motifs is 1. The maximum Gasteiger partial charge on any atom is 0.338 e. The molecule has 86 valence electrons. The highest BCUT2D eigenvalue weighted by molar-refractivity contribution is 5.90. The number of hydrogen-bond donors (Lipinski definition) is 1. The predicted octanol–water partition coefficient (Wildman–Crippen LogP) is 2.36. The maximum absolute atomic E-state index is 13.7. The van der Waals surface area contributed by atoms with E-state index in [1.54, 1.807) is 13.0 Å². The molecule has 4 heteroatoms. The lowest BCUT2D eigenvalue weighted by Gasteiger charge is -2.19. The summed E-state index contributed by atoms with van der Waals surface area (Å²) in [5.41, 5.74) is 1.68. The second kappa shape index (κ2) is 4.51. The van der Waals surface area contributed by atoms with Crippen molar-refractivity contribution in [1.82, 2.24) is 0 Å². The summed E-state index contributed by atoms with van der Waals surface area (Å²) < 4.78 is 18.5. The van der Waals surface area contributed by atoms with Crippen LogP contribution in [-0.2, 0) is 11.2 Å². The van der Waals surface area contributed by atoms with E-state index in [0.29, 0.717) is 17.9 Å². The van der Waals surface area contributed by atoms with Crippen LogP contribution in [-0.4, -0.2) is 19.1 Å². The average Bonchev–Trinajstić information content (AvgIpc) is 2.29. The van der Waals surface area contributed by atoms with Crippen LogP contribution in [0, 0.1) is 5.82 Å². The highest BCUT2D eigenvalue weighted by Crippen LogP contribution is 2.26. The Morgan fingerprint density at radius 2 is 2.38 bits per heavy atom. The van der Waals surface area contributed by atoms with Gasteiger partial charge in [-0.2, -0.15) is 0 Å². The Bertz CT molecular complexity index is 418. The van der Waals surface area contributed by atoms with Gasteiger partial charge in [-0.3, -0.25) is 0 Å². The minimum Gasteiger partial charge on any atom is -0.462 e. The molecule has 1 aliphatic heterocycles. The van der Waals surface area contributed by atoms with Crippen LogP contribution in [0.15, 0.2) is 12.1 Å². The fourth-order valence-corrected chi connectivity index (χ4v) is 1.88. The van der Waals surface area contributed by atoms with Gasteiger partial charge in [0, 0.05) is 6.54 Å². The molecule has 1 N–H and O–H groups in total. The number of halogens is 1. The number of nitrogens with one attached hydrogen (secondary N) is 1. The molecule has 0 atom stereocenters. The monoisotopic (exact) mass is 223 g/mol. The molecule has 0 aliphatic carbocycles. The number of benzene rings is 1. The molecule has 3 nitrogen and oxygen atoms in total. The molecule has 0 radical (unpaired) electrons.